The monoisotopic (exact) mass is 240 g/mol. The average Bonchev–Trinajstić information content (AvgIpc) is 2.35. The van der Waals surface area contributed by atoms with Crippen molar-refractivity contribution in [1.82, 2.24) is 0 Å². The van der Waals surface area contributed by atoms with Crippen LogP contribution in [0.1, 0.15) is 34.1 Å². The number of hydrogen-bond donors (Lipinski definition) is 0. The maximum Gasteiger partial charge on any atom is 0.197 e. The standard InChI is InChI=1S/C15H12O3/c1-3-6-12-13(9(2)16)15(18)11-8-5-4-7-10(11)14(12)17/h3-5,7-8H,1,6H2,2H3. The molecule has 90 valence electrons. The third-order valence-corrected chi connectivity index (χ3v) is 2.92. The second-order valence-corrected chi connectivity index (χ2v) is 4.11. The van der Waals surface area contributed by atoms with E-state index in [1.54, 1.807) is 24.3 Å². The molecule has 0 saturated carbocycles. The van der Waals surface area contributed by atoms with Gasteiger partial charge in [-0.05, 0) is 13.3 Å². The number of rotatable bonds is 3. The van der Waals surface area contributed by atoms with Crippen molar-refractivity contribution in [1.29, 1.82) is 0 Å². The topological polar surface area (TPSA) is 51.2 Å². The van der Waals surface area contributed by atoms with E-state index in [9.17, 15) is 14.4 Å². The van der Waals surface area contributed by atoms with Gasteiger partial charge < -0.3 is 0 Å². The molecule has 0 atom stereocenters. The Morgan fingerprint density at radius 1 is 1.17 bits per heavy atom. The van der Waals surface area contributed by atoms with E-state index in [-0.39, 0.29) is 34.9 Å². The molecule has 1 aromatic carbocycles. The molecule has 1 aromatic rings. The van der Waals surface area contributed by atoms with E-state index in [1.165, 1.54) is 13.0 Å². The minimum Gasteiger partial charge on any atom is -0.294 e. The highest BCUT2D eigenvalue weighted by atomic mass is 16.2. The molecule has 0 fully saturated rings. The van der Waals surface area contributed by atoms with E-state index in [4.69, 9.17) is 0 Å². The van der Waals surface area contributed by atoms with Crippen molar-refractivity contribution in [3.8, 4) is 0 Å². The van der Waals surface area contributed by atoms with Gasteiger partial charge in [0.2, 0.25) is 0 Å². The van der Waals surface area contributed by atoms with Gasteiger partial charge in [0.15, 0.2) is 17.3 Å². The fourth-order valence-corrected chi connectivity index (χ4v) is 2.14. The Morgan fingerprint density at radius 3 is 2.22 bits per heavy atom. The van der Waals surface area contributed by atoms with Gasteiger partial charge in [-0.25, -0.2) is 0 Å². The fourth-order valence-electron chi connectivity index (χ4n) is 2.14. The van der Waals surface area contributed by atoms with Crippen LogP contribution in [-0.4, -0.2) is 17.3 Å². The predicted molar refractivity (Wildman–Crippen MR) is 67.6 cm³/mol. The number of Topliss-reactive ketones (excluding diaryl/α,β-unsaturated/α-hetero) is 3. The summed E-state index contributed by atoms with van der Waals surface area (Å²) in [7, 11) is 0. The Kier molecular flexibility index (Phi) is 3.06. The highest BCUT2D eigenvalue weighted by molar-refractivity contribution is 6.36. The van der Waals surface area contributed by atoms with E-state index in [0.717, 1.165) is 0 Å². The van der Waals surface area contributed by atoms with Gasteiger partial charge in [-0.2, -0.15) is 0 Å². The lowest BCUT2D eigenvalue weighted by molar-refractivity contribution is -0.113. The van der Waals surface area contributed by atoms with Crippen LogP contribution in [0.4, 0.5) is 0 Å². The molecule has 0 amide bonds. The molecule has 0 aromatic heterocycles. The zero-order valence-corrected chi connectivity index (χ0v) is 10.0. The molecule has 0 heterocycles. The first kappa shape index (κ1) is 12.2. The molecular weight excluding hydrogens is 228 g/mol. The minimum absolute atomic E-state index is 0.00130. The van der Waals surface area contributed by atoms with Crippen LogP contribution in [0.5, 0.6) is 0 Å². The SMILES string of the molecule is C=CCC1=C(C(C)=O)C(=O)c2ccccc2C1=O. The van der Waals surface area contributed by atoms with Crippen LogP contribution in [0, 0.1) is 0 Å². The number of fused-ring (bicyclic) bond motifs is 1. The molecule has 3 nitrogen and oxygen atoms in total. The van der Waals surface area contributed by atoms with E-state index < -0.39 is 0 Å². The highest BCUT2D eigenvalue weighted by Gasteiger charge is 2.32. The van der Waals surface area contributed by atoms with Gasteiger partial charge in [-0.1, -0.05) is 30.3 Å². The summed E-state index contributed by atoms with van der Waals surface area (Å²) < 4.78 is 0. The Bertz CT molecular complexity index is 606. The number of ketones is 3. The quantitative estimate of drug-likeness (QED) is 0.602. The molecule has 0 radical (unpaired) electrons. The van der Waals surface area contributed by atoms with Gasteiger partial charge >= 0.3 is 0 Å². The summed E-state index contributed by atoms with van der Waals surface area (Å²) in [6, 6.07) is 6.56. The van der Waals surface area contributed by atoms with Crippen molar-refractivity contribution in [2.45, 2.75) is 13.3 Å². The van der Waals surface area contributed by atoms with Gasteiger partial charge in [0, 0.05) is 16.7 Å². The van der Waals surface area contributed by atoms with Gasteiger partial charge in [0.25, 0.3) is 0 Å². The van der Waals surface area contributed by atoms with Crippen LogP contribution in [0.2, 0.25) is 0 Å². The first-order valence-corrected chi connectivity index (χ1v) is 5.61. The maximum atomic E-state index is 12.3. The van der Waals surface area contributed by atoms with Gasteiger partial charge in [0.1, 0.15) is 0 Å². The first-order valence-electron chi connectivity index (χ1n) is 5.61. The third-order valence-electron chi connectivity index (χ3n) is 2.92. The van der Waals surface area contributed by atoms with Crippen molar-refractivity contribution in [3.63, 3.8) is 0 Å². The van der Waals surface area contributed by atoms with Crippen LogP contribution in [0.25, 0.3) is 0 Å². The molecule has 0 bridgehead atoms. The van der Waals surface area contributed by atoms with E-state index in [0.29, 0.717) is 11.1 Å². The second-order valence-electron chi connectivity index (χ2n) is 4.11. The summed E-state index contributed by atoms with van der Waals surface area (Å²) in [5.74, 6) is -0.996. The molecular formula is C15H12O3. The highest BCUT2D eigenvalue weighted by Crippen LogP contribution is 2.28. The van der Waals surface area contributed by atoms with Crippen LogP contribution in [0.15, 0.2) is 48.1 Å². The molecule has 18 heavy (non-hydrogen) atoms. The van der Waals surface area contributed by atoms with Crippen molar-refractivity contribution < 1.29 is 14.4 Å². The van der Waals surface area contributed by atoms with Crippen LogP contribution in [0.3, 0.4) is 0 Å². The zero-order chi connectivity index (χ0) is 13.3. The van der Waals surface area contributed by atoms with Crippen LogP contribution >= 0.6 is 0 Å². The fraction of sp³-hybridized carbons (Fsp3) is 0.133. The Labute approximate surface area is 105 Å². The summed E-state index contributed by atoms with van der Waals surface area (Å²) in [5, 5.41) is 0. The van der Waals surface area contributed by atoms with Crippen LogP contribution in [-0.2, 0) is 4.79 Å². The molecule has 2 rings (SSSR count). The number of hydrogen-bond acceptors (Lipinski definition) is 3. The summed E-state index contributed by atoms with van der Waals surface area (Å²) in [6.07, 6.45) is 1.76. The number of benzene rings is 1. The average molecular weight is 240 g/mol. The van der Waals surface area contributed by atoms with E-state index >= 15 is 0 Å². The third kappa shape index (κ3) is 1.74. The Balaban J connectivity index is 2.71. The lowest BCUT2D eigenvalue weighted by Gasteiger charge is -2.18. The smallest absolute Gasteiger partial charge is 0.197 e. The second kappa shape index (κ2) is 4.53. The predicted octanol–water partition coefficient (Wildman–Crippen LogP) is 2.53. The molecule has 0 unspecified atom stereocenters. The summed E-state index contributed by atoms with van der Waals surface area (Å²) in [5.41, 5.74) is 0.921. The molecule has 3 heteroatoms. The molecule has 1 aliphatic carbocycles. The number of allylic oxidation sites excluding steroid dienone is 3. The van der Waals surface area contributed by atoms with Gasteiger partial charge in [-0.15, -0.1) is 6.58 Å². The largest absolute Gasteiger partial charge is 0.294 e. The van der Waals surface area contributed by atoms with Crippen molar-refractivity contribution in [3.05, 3.63) is 59.2 Å². The van der Waals surface area contributed by atoms with E-state index in [2.05, 4.69) is 6.58 Å². The van der Waals surface area contributed by atoms with Crippen LogP contribution < -0.4 is 0 Å². The van der Waals surface area contributed by atoms with Gasteiger partial charge in [-0.3, -0.25) is 14.4 Å². The van der Waals surface area contributed by atoms with Crippen molar-refractivity contribution >= 4 is 17.3 Å². The molecule has 0 spiro atoms. The van der Waals surface area contributed by atoms with Gasteiger partial charge in [0.05, 0.1) is 5.57 Å². The first-order chi connectivity index (χ1) is 8.57. The lowest BCUT2D eigenvalue weighted by atomic mass is 9.81. The molecule has 1 aliphatic rings. The Morgan fingerprint density at radius 2 is 1.72 bits per heavy atom. The molecule has 0 aliphatic heterocycles. The Hall–Kier alpha value is -2.29. The number of carbonyl (C=O) groups is 3. The summed E-state index contributed by atoms with van der Waals surface area (Å²) in [4.78, 5) is 36.1. The normalized spacial score (nSPS) is 14.5. The molecule has 0 saturated heterocycles. The molecule has 0 N–H and O–H groups in total. The zero-order valence-electron chi connectivity index (χ0n) is 10.0. The van der Waals surface area contributed by atoms with E-state index in [1.807, 2.05) is 0 Å². The summed E-state index contributed by atoms with van der Waals surface area (Å²) in [6.45, 7) is 4.86. The van der Waals surface area contributed by atoms with Crippen molar-refractivity contribution in [2.24, 2.45) is 0 Å². The summed E-state index contributed by atoms with van der Waals surface area (Å²) >= 11 is 0. The van der Waals surface area contributed by atoms with Crippen molar-refractivity contribution in [2.75, 3.05) is 0 Å². The lowest BCUT2D eigenvalue weighted by Crippen LogP contribution is -2.25. The minimum atomic E-state index is -0.375. The number of carbonyl (C=O) groups excluding carboxylic acids is 3. The maximum absolute atomic E-state index is 12.3.